The summed E-state index contributed by atoms with van der Waals surface area (Å²) in [5, 5.41) is 6.97. The second-order valence-corrected chi connectivity index (χ2v) is 6.27. The molecule has 1 atom stereocenters. The number of rotatable bonds is 4. The zero-order valence-corrected chi connectivity index (χ0v) is 13.8. The highest BCUT2D eigenvalue weighted by Crippen LogP contribution is 2.28. The number of aromatic nitrogens is 1. The fourth-order valence-corrected chi connectivity index (χ4v) is 3.03. The van der Waals surface area contributed by atoms with Crippen LogP contribution in [0.15, 0.2) is 35.1 Å². The molecule has 1 amide bonds. The van der Waals surface area contributed by atoms with E-state index in [4.69, 9.17) is 16.0 Å². The summed E-state index contributed by atoms with van der Waals surface area (Å²) in [7, 11) is 0. The van der Waals surface area contributed by atoms with Gasteiger partial charge in [0.25, 0.3) is 5.91 Å². The molecule has 0 radical (unpaired) electrons. The van der Waals surface area contributed by atoms with Crippen LogP contribution in [0.3, 0.4) is 0 Å². The second-order valence-electron chi connectivity index (χ2n) is 5.84. The normalized spacial score (nSPS) is 17.0. The van der Waals surface area contributed by atoms with E-state index in [1.165, 1.54) is 6.39 Å². The molecule has 0 saturated carbocycles. The average Bonchev–Trinajstić information content (AvgIpc) is 3.06. The molecular weight excluding hydrogens is 314 g/mol. The average molecular weight is 334 g/mol. The molecule has 0 unspecified atom stereocenters. The molecule has 2 aromatic rings. The quantitative estimate of drug-likeness (QED) is 0.901. The van der Waals surface area contributed by atoms with Gasteiger partial charge in [0.15, 0.2) is 12.1 Å². The van der Waals surface area contributed by atoms with Crippen LogP contribution < -0.4 is 10.6 Å². The van der Waals surface area contributed by atoms with E-state index in [9.17, 15) is 4.79 Å². The molecule has 1 saturated heterocycles. The molecule has 1 aromatic carbocycles. The van der Waals surface area contributed by atoms with Crippen LogP contribution in [0.25, 0.3) is 0 Å². The molecule has 6 heteroatoms. The van der Waals surface area contributed by atoms with E-state index in [0.29, 0.717) is 16.5 Å². The predicted octanol–water partition coefficient (Wildman–Crippen LogP) is 3.29. The third-order valence-corrected chi connectivity index (χ3v) is 4.49. The molecule has 2 N–H and O–H groups in total. The van der Waals surface area contributed by atoms with Crippen molar-refractivity contribution < 1.29 is 9.21 Å². The Kier molecular flexibility index (Phi) is 4.98. The predicted molar refractivity (Wildman–Crippen MR) is 88.7 cm³/mol. The molecule has 3 rings (SSSR count). The van der Waals surface area contributed by atoms with Crippen molar-refractivity contribution in [2.24, 2.45) is 0 Å². The topological polar surface area (TPSA) is 67.2 Å². The lowest BCUT2D eigenvalue weighted by Crippen LogP contribution is -2.30. The number of piperidine rings is 1. The van der Waals surface area contributed by atoms with Crippen molar-refractivity contribution >= 4 is 17.5 Å². The third kappa shape index (κ3) is 3.74. The minimum atomic E-state index is -0.199. The number of nitrogens with zero attached hydrogens (tertiary/aromatic N) is 1. The minimum absolute atomic E-state index is 0.127. The van der Waals surface area contributed by atoms with Gasteiger partial charge in [0, 0.05) is 10.9 Å². The van der Waals surface area contributed by atoms with Gasteiger partial charge in [0.1, 0.15) is 5.76 Å². The van der Waals surface area contributed by atoms with Crippen LogP contribution in [0.5, 0.6) is 0 Å². The first-order chi connectivity index (χ1) is 11.1. The number of oxazole rings is 1. The Morgan fingerprint density at radius 3 is 2.74 bits per heavy atom. The first kappa shape index (κ1) is 16.0. The van der Waals surface area contributed by atoms with E-state index in [0.717, 1.165) is 31.5 Å². The molecule has 2 heterocycles. The third-order valence-electron chi connectivity index (χ3n) is 4.24. The fourth-order valence-electron chi connectivity index (χ4n) is 2.90. The van der Waals surface area contributed by atoms with Gasteiger partial charge in [0.2, 0.25) is 0 Å². The smallest absolute Gasteiger partial charge is 0.274 e. The Bertz CT molecular complexity index is 663. The second kappa shape index (κ2) is 7.15. The number of halogens is 1. The summed E-state index contributed by atoms with van der Waals surface area (Å²) in [6.07, 6.45) is 3.28. The van der Waals surface area contributed by atoms with Crippen LogP contribution in [0, 0.1) is 0 Å². The highest BCUT2D eigenvalue weighted by Gasteiger charge is 2.26. The SMILES string of the molecule is C[C@H](NC(=O)c1ncoc1C1CCNCC1)c1ccc(Cl)cc1. The molecule has 0 bridgehead atoms. The lowest BCUT2D eigenvalue weighted by Gasteiger charge is -2.21. The highest BCUT2D eigenvalue weighted by molar-refractivity contribution is 6.30. The van der Waals surface area contributed by atoms with Crippen molar-refractivity contribution in [1.29, 1.82) is 0 Å². The van der Waals surface area contributed by atoms with E-state index < -0.39 is 0 Å². The van der Waals surface area contributed by atoms with E-state index in [-0.39, 0.29) is 17.9 Å². The van der Waals surface area contributed by atoms with E-state index >= 15 is 0 Å². The number of amides is 1. The van der Waals surface area contributed by atoms with Gasteiger partial charge >= 0.3 is 0 Å². The lowest BCUT2D eigenvalue weighted by molar-refractivity contribution is 0.0932. The van der Waals surface area contributed by atoms with Crippen LogP contribution >= 0.6 is 11.6 Å². The Hall–Kier alpha value is -1.85. The molecular formula is C17H20ClN3O2. The van der Waals surface area contributed by atoms with Gasteiger partial charge in [-0.25, -0.2) is 4.98 Å². The van der Waals surface area contributed by atoms with E-state index in [1.807, 2.05) is 31.2 Å². The summed E-state index contributed by atoms with van der Waals surface area (Å²) in [6, 6.07) is 7.32. The van der Waals surface area contributed by atoms with Crippen molar-refractivity contribution in [3.05, 3.63) is 52.7 Å². The van der Waals surface area contributed by atoms with Gasteiger partial charge < -0.3 is 15.1 Å². The number of carbonyl (C=O) groups is 1. The van der Waals surface area contributed by atoms with Crippen molar-refractivity contribution in [2.45, 2.75) is 31.7 Å². The Balaban J connectivity index is 1.71. The summed E-state index contributed by atoms with van der Waals surface area (Å²) >= 11 is 5.90. The van der Waals surface area contributed by atoms with E-state index in [1.54, 1.807) is 0 Å². The lowest BCUT2D eigenvalue weighted by atomic mass is 9.94. The van der Waals surface area contributed by atoms with Gasteiger partial charge in [-0.2, -0.15) is 0 Å². The highest BCUT2D eigenvalue weighted by atomic mass is 35.5. The van der Waals surface area contributed by atoms with Crippen molar-refractivity contribution in [3.63, 3.8) is 0 Å². The van der Waals surface area contributed by atoms with E-state index in [2.05, 4.69) is 15.6 Å². The molecule has 5 nitrogen and oxygen atoms in total. The molecule has 23 heavy (non-hydrogen) atoms. The summed E-state index contributed by atoms with van der Waals surface area (Å²) in [6.45, 7) is 3.81. The first-order valence-corrected chi connectivity index (χ1v) is 8.23. The summed E-state index contributed by atoms with van der Waals surface area (Å²) in [4.78, 5) is 16.7. The maximum Gasteiger partial charge on any atom is 0.274 e. The maximum atomic E-state index is 12.5. The molecule has 122 valence electrons. The number of hydrogen-bond donors (Lipinski definition) is 2. The number of hydrogen-bond acceptors (Lipinski definition) is 4. The van der Waals surface area contributed by atoms with Crippen LogP contribution in [-0.4, -0.2) is 24.0 Å². The Labute approximate surface area is 140 Å². The number of benzene rings is 1. The first-order valence-electron chi connectivity index (χ1n) is 7.85. The number of carbonyl (C=O) groups excluding carboxylic acids is 1. The molecule has 0 aliphatic carbocycles. The van der Waals surface area contributed by atoms with Crippen molar-refractivity contribution in [3.8, 4) is 0 Å². The van der Waals surface area contributed by atoms with Gasteiger partial charge in [-0.1, -0.05) is 23.7 Å². The van der Waals surface area contributed by atoms with Gasteiger partial charge in [-0.15, -0.1) is 0 Å². The summed E-state index contributed by atoms with van der Waals surface area (Å²) < 4.78 is 5.51. The number of nitrogens with one attached hydrogen (secondary N) is 2. The molecule has 1 fully saturated rings. The largest absolute Gasteiger partial charge is 0.447 e. The zero-order chi connectivity index (χ0) is 16.2. The standard InChI is InChI=1S/C17H20ClN3O2/c1-11(12-2-4-14(18)5-3-12)21-17(22)15-16(23-10-20-15)13-6-8-19-9-7-13/h2-5,10-11,13,19H,6-9H2,1H3,(H,21,22)/t11-/m0/s1. The molecule has 1 aliphatic heterocycles. The maximum absolute atomic E-state index is 12.5. The van der Waals surface area contributed by atoms with Gasteiger partial charge in [-0.3, -0.25) is 4.79 Å². The van der Waals surface area contributed by atoms with Crippen molar-refractivity contribution in [1.82, 2.24) is 15.6 Å². The van der Waals surface area contributed by atoms with Crippen LogP contribution in [-0.2, 0) is 0 Å². The zero-order valence-electron chi connectivity index (χ0n) is 13.0. The van der Waals surface area contributed by atoms with Crippen LogP contribution in [0.2, 0.25) is 5.02 Å². The van der Waals surface area contributed by atoms with Crippen LogP contribution in [0.4, 0.5) is 0 Å². The monoisotopic (exact) mass is 333 g/mol. The summed E-state index contributed by atoms with van der Waals surface area (Å²) in [5.41, 5.74) is 1.40. The van der Waals surface area contributed by atoms with Crippen molar-refractivity contribution in [2.75, 3.05) is 13.1 Å². The Morgan fingerprint density at radius 1 is 1.35 bits per heavy atom. The Morgan fingerprint density at radius 2 is 2.04 bits per heavy atom. The molecule has 0 spiro atoms. The minimum Gasteiger partial charge on any atom is -0.447 e. The van der Waals surface area contributed by atoms with Crippen LogP contribution in [0.1, 0.15) is 53.5 Å². The van der Waals surface area contributed by atoms with Gasteiger partial charge in [0.05, 0.1) is 6.04 Å². The van der Waals surface area contributed by atoms with Gasteiger partial charge in [-0.05, 0) is 50.6 Å². The molecule has 1 aliphatic rings. The molecule has 1 aromatic heterocycles. The summed E-state index contributed by atoms with van der Waals surface area (Å²) in [5.74, 6) is 0.757. The fraction of sp³-hybridized carbons (Fsp3) is 0.412.